The van der Waals surface area contributed by atoms with Crippen LogP contribution in [0.1, 0.15) is 29.5 Å². The van der Waals surface area contributed by atoms with Gasteiger partial charge < -0.3 is 5.32 Å². The number of hydrogen-bond donors (Lipinski definition) is 1. The Bertz CT molecular complexity index is 371. The van der Waals surface area contributed by atoms with Crippen molar-refractivity contribution in [2.45, 2.75) is 39.3 Å². The number of benzene rings is 1. The highest BCUT2D eigenvalue weighted by Crippen LogP contribution is 2.16. The van der Waals surface area contributed by atoms with Crippen molar-refractivity contribution in [3.05, 3.63) is 34.9 Å². The molecular formula is C15H25ClN2. The van der Waals surface area contributed by atoms with E-state index in [1.807, 2.05) is 0 Å². The van der Waals surface area contributed by atoms with Gasteiger partial charge in [0.15, 0.2) is 0 Å². The van der Waals surface area contributed by atoms with Crippen LogP contribution in [-0.2, 0) is 6.54 Å². The van der Waals surface area contributed by atoms with E-state index in [0.717, 1.165) is 12.6 Å². The maximum Gasteiger partial charge on any atom is 0.0233 e. The molecule has 0 saturated carbocycles. The first-order chi connectivity index (χ1) is 8.19. The van der Waals surface area contributed by atoms with Crippen molar-refractivity contribution < 1.29 is 0 Å². The van der Waals surface area contributed by atoms with Gasteiger partial charge in [-0.1, -0.05) is 18.2 Å². The van der Waals surface area contributed by atoms with Gasteiger partial charge in [0.25, 0.3) is 0 Å². The number of piperidine rings is 1. The first-order valence-electron chi connectivity index (χ1n) is 6.65. The average molecular weight is 269 g/mol. The quantitative estimate of drug-likeness (QED) is 0.907. The minimum absolute atomic E-state index is 0. The highest BCUT2D eigenvalue weighted by atomic mass is 35.5. The number of halogens is 1. The van der Waals surface area contributed by atoms with Gasteiger partial charge in [-0.25, -0.2) is 0 Å². The van der Waals surface area contributed by atoms with Gasteiger partial charge in [0.05, 0.1) is 0 Å². The van der Waals surface area contributed by atoms with E-state index in [4.69, 9.17) is 0 Å². The minimum atomic E-state index is 0. The van der Waals surface area contributed by atoms with Crippen LogP contribution in [0.5, 0.6) is 0 Å². The normalized spacial score (nSPS) is 17.5. The number of nitrogens with one attached hydrogen (secondary N) is 1. The zero-order valence-electron chi connectivity index (χ0n) is 11.7. The van der Waals surface area contributed by atoms with Gasteiger partial charge in [-0.2, -0.15) is 0 Å². The number of likely N-dealkylation sites (tertiary alicyclic amines) is 1. The molecule has 0 bridgehead atoms. The Balaban J connectivity index is 0.00000162. The lowest BCUT2D eigenvalue weighted by molar-refractivity contribution is 0.194. The lowest BCUT2D eigenvalue weighted by Gasteiger charge is -2.31. The van der Waals surface area contributed by atoms with Gasteiger partial charge in [0.2, 0.25) is 0 Å². The van der Waals surface area contributed by atoms with Crippen molar-refractivity contribution >= 4 is 12.4 Å². The standard InChI is InChI=1S/C15H24N2.ClH/c1-12-4-5-14(10-13(12)2)11-17-8-6-15(16-3)7-9-17;/h4-5,10,15-16H,6-9,11H2,1-3H3;1H. The summed E-state index contributed by atoms with van der Waals surface area (Å²) in [5, 5.41) is 3.38. The third-order valence-electron chi connectivity index (χ3n) is 3.97. The predicted molar refractivity (Wildman–Crippen MR) is 80.5 cm³/mol. The molecule has 1 aromatic rings. The molecule has 2 rings (SSSR count). The van der Waals surface area contributed by atoms with E-state index in [1.54, 1.807) is 0 Å². The number of hydrogen-bond acceptors (Lipinski definition) is 2. The van der Waals surface area contributed by atoms with E-state index >= 15 is 0 Å². The number of rotatable bonds is 3. The van der Waals surface area contributed by atoms with Gasteiger partial charge >= 0.3 is 0 Å². The predicted octanol–water partition coefficient (Wildman–Crippen LogP) is 2.91. The zero-order valence-corrected chi connectivity index (χ0v) is 12.5. The molecule has 0 aliphatic carbocycles. The summed E-state index contributed by atoms with van der Waals surface area (Å²) in [6.07, 6.45) is 2.56. The summed E-state index contributed by atoms with van der Waals surface area (Å²) in [5.74, 6) is 0. The molecule has 1 saturated heterocycles. The van der Waals surface area contributed by atoms with Gasteiger partial charge in [-0.3, -0.25) is 4.90 Å². The maximum absolute atomic E-state index is 3.38. The van der Waals surface area contributed by atoms with E-state index in [1.165, 1.54) is 42.6 Å². The molecule has 0 atom stereocenters. The monoisotopic (exact) mass is 268 g/mol. The molecule has 0 amide bonds. The summed E-state index contributed by atoms with van der Waals surface area (Å²) in [4.78, 5) is 2.57. The summed E-state index contributed by atoms with van der Waals surface area (Å²) in [7, 11) is 2.07. The molecule has 2 nitrogen and oxygen atoms in total. The molecule has 1 N–H and O–H groups in total. The Morgan fingerprint density at radius 2 is 1.83 bits per heavy atom. The summed E-state index contributed by atoms with van der Waals surface area (Å²) >= 11 is 0. The van der Waals surface area contributed by atoms with Crippen LogP contribution in [0.2, 0.25) is 0 Å². The second-order valence-corrected chi connectivity index (χ2v) is 5.26. The molecule has 1 fully saturated rings. The van der Waals surface area contributed by atoms with Crippen molar-refractivity contribution in [3.63, 3.8) is 0 Å². The summed E-state index contributed by atoms with van der Waals surface area (Å²) in [6, 6.07) is 7.57. The highest BCUT2D eigenvalue weighted by molar-refractivity contribution is 5.85. The van der Waals surface area contributed by atoms with E-state index in [2.05, 4.69) is 49.3 Å². The fourth-order valence-electron chi connectivity index (χ4n) is 2.54. The Kier molecular flexibility index (Phi) is 6.13. The van der Waals surface area contributed by atoms with Crippen LogP contribution < -0.4 is 5.32 Å². The molecule has 0 unspecified atom stereocenters. The summed E-state index contributed by atoms with van der Waals surface area (Å²) < 4.78 is 0. The molecule has 1 heterocycles. The van der Waals surface area contributed by atoms with E-state index < -0.39 is 0 Å². The fourth-order valence-corrected chi connectivity index (χ4v) is 2.54. The van der Waals surface area contributed by atoms with Gasteiger partial charge in [-0.05, 0) is 63.5 Å². The molecule has 1 aliphatic heterocycles. The van der Waals surface area contributed by atoms with Crippen LogP contribution in [0, 0.1) is 13.8 Å². The number of nitrogens with zero attached hydrogens (tertiary/aromatic N) is 1. The molecular weight excluding hydrogens is 244 g/mol. The molecule has 3 heteroatoms. The first-order valence-corrected chi connectivity index (χ1v) is 6.65. The van der Waals surface area contributed by atoms with Crippen LogP contribution in [-0.4, -0.2) is 31.1 Å². The fraction of sp³-hybridized carbons (Fsp3) is 0.600. The molecule has 102 valence electrons. The summed E-state index contributed by atoms with van der Waals surface area (Å²) in [5.41, 5.74) is 4.26. The van der Waals surface area contributed by atoms with Crippen LogP contribution >= 0.6 is 12.4 Å². The van der Waals surface area contributed by atoms with Gasteiger partial charge in [-0.15, -0.1) is 12.4 Å². The highest BCUT2D eigenvalue weighted by Gasteiger charge is 2.17. The van der Waals surface area contributed by atoms with E-state index in [9.17, 15) is 0 Å². The first kappa shape index (κ1) is 15.5. The van der Waals surface area contributed by atoms with Crippen molar-refractivity contribution in [2.24, 2.45) is 0 Å². The largest absolute Gasteiger partial charge is 0.317 e. The third-order valence-corrected chi connectivity index (χ3v) is 3.97. The van der Waals surface area contributed by atoms with Gasteiger partial charge in [0.1, 0.15) is 0 Å². The molecule has 1 aromatic carbocycles. The summed E-state index contributed by atoms with van der Waals surface area (Å²) in [6.45, 7) is 7.93. The Hall–Kier alpha value is -0.570. The smallest absolute Gasteiger partial charge is 0.0233 e. The number of aryl methyl sites for hydroxylation is 2. The lowest BCUT2D eigenvalue weighted by Crippen LogP contribution is -2.40. The molecule has 0 spiro atoms. The minimum Gasteiger partial charge on any atom is -0.317 e. The molecule has 0 aromatic heterocycles. The van der Waals surface area contributed by atoms with Crippen LogP contribution in [0.3, 0.4) is 0 Å². The SMILES string of the molecule is CNC1CCN(Cc2ccc(C)c(C)c2)CC1.Cl. The Labute approximate surface area is 117 Å². The topological polar surface area (TPSA) is 15.3 Å². The zero-order chi connectivity index (χ0) is 12.3. The van der Waals surface area contributed by atoms with Crippen molar-refractivity contribution in [1.29, 1.82) is 0 Å². The Morgan fingerprint density at radius 1 is 1.17 bits per heavy atom. The Morgan fingerprint density at radius 3 is 2.39 bits per heavy atom. The molecule has 18 heavy (non-hydrogen) atoms. The van der Waals surface area contributed by atoms with Crippen molar-refractivity contribution in [3.8, 4) is 0 Å². The molecule has 0 radical (unpaired) electrons. The van der Waals surface area contributed by atoms with Crippen LogP contribution in [0.25, 0.3) is 0 Å². The van der Waals surface area contributed by atoms with E-state index in [-0.39, 0.29) is 12.4 Å². The van der Waals surface area contributed by atoms with E-state index in [0.29, 0.717) is 0 Å². The average Bonchev–Trinajstić information content (AvgIpc) is 2.35. The van der Waals surface area contributed by atoms with Crippen LogP contribution in [0.15, 0.2) is 18.2 Å². The second kappa shape index (κ2) is 7.13. The van der Waals surface area contributed by atoms with Crippen molar-refractivity contribution in [1.82, 2.24) is 10.2 Å². The third kappa shape index (κ3) is 3.98. The second-order valence-electron chi connectivity index (χ2n) is 5.26. The van der Waals surface area contributed by atoms with Gasteiger partial charge in [0, 0.05) is 12.6 Å². The lowest BCUT2D eigenvalue weighted by atomic mass is 10.0. The van der Waals surface area contributed by atoms with Crippen LogP contribution in [0.4, 0.5) is 0 Å². The molecule has 1 aliphatic rings. The van der Waals surface area contributed by atoms with Crippen molar-refractivity contribution in [2.75, 3.05) is 20.1 Å². The maximum atomic E-state index is 3.38.